The van der Waals surface area contributed by atoms with Crippen molar-refractivity contribution in [2.24, 2.45) is 10.9 Å². The number of aliphatic imine (C=N–C) groups is 1. The molecule has 25 heavy (non-hydrogen) atoms. The van der Waals surface area contributed by atoms with Crippen LogP contribution in [-0.2, 0) is 11.3 Å². The average molecular weight is 345 g/mol. The highest BCUT2D eigenvalue weighted by molar-refractivity contribution is 5.80. The molecule has 0 spiro atoms. The Morgan fingerprint density at radius 2 is 1.76 bits per heavy atom. The van der Waals surface area contributed by atoms with Gasteiger partial charge in [0.05, 0.1) is 6.54 Å². The molecule has 5 nitrogen and oxygen atoms in total. The number of nitrogens with one attached hydrogen (secondary N) is 3. The molecule has 2 rings (SSSR count). The molecule has 0 heterocycles. The van der Waals surface area contributed by atoms with E-state index in [0.717, 1.165) is 12.5 Å². The predicted molar refractivity (Wildman–Crippen MR) is 104 cm³/mol. The van der Waals surface area contributed by atoms with Gasteiger partial charge in [0.25, 0.3) is 0 Å². The summed E-state index contributed by atoms with van der Waals surface area (Å²) < 4.78 is 0. The zero-order valence-electron chi connectivity index (χ0n) is 15.6. The third-order valence-electron chi connectivity index (χ3n) is 4.57. The second-order valence-corrected chi connectivity index (χ2v) is 6.81. The Labute approximate surface area is 151 Å². The van der Waals surface area contributed by atoms with Gasteiger partial charge >= 0.3 is 0 Å². The van der Waals surface area contributed by atoms with E-state index in [4.69, 9.17) is 0 Å². The van der Waals surface area contributed by atoms with E-state index >= 15 is 0 Å². The second kappa shape index (κ2) is 10.7. The maximum atomic E-state index is 11.9. The molecule has 1 aliphatic rings. The van der Waals surface area contributed by atoms with Crippen molar-refractivity contribution in [2.75, 3.05) is 19.6 Å². The van der Waals surface area contributed by atoms with E-state index in [1.54, 1.807) is 0 Å². The SMILES string of the molecule is CCNC(=NCc1ccc(C)cc1)NCCNC(=O)CC1CCCC1. The minimum absolute atomic E-state index is 0.176. The van der Waals surface area contributed by atoms with Gasteiger partial charge in [-0.25, -0.2) is 4.99 Å². The lowest BCUT2D eigenvalue weighted by Gasteiger charge is -2.13. The van der Waals surface area contributed by atoms with Gasteiger partial charge in [-0.3, -0.25) is 4.79 Å². The fraction of sp³-hybridized carbons (Fsp3) is 0.600. The van der Waals surface area contributed by atoms with E-state index in [9.17, 15) is 4.79 Å². The molecule has 138 valence electrons. The molecule has 1 fully saturated rings. The number of carbonyl (C=O) groups is 1. The molecule has 0 aliphatic heterocycles. The number of aryl methyl sites for hydroxylation is 1. The first-order valence-electron chi connectivity index (χ1n) is 9.51. The Hall–Kier alpha value is -2.04. The number of hydrogen-bond donors (Lipinski definition) is 3. The van der Waals surface area contributed by atoms with Gasteiger partial charge in [-0.2, -0.15) is 0 Å². The number of benzene rings is 1. The number of guanidine groups is 1. The zero-order valence-corrected chi connectivity index (χ0v) is 15.6. The summed E-state index contributed by atoms with van der Waals surface area (Å²) in [5.41, 5.74) is 2.44. The van der Waals surface area contributed by atoms with Crippen LogP contribution in [0.2, 0.25) is 0 Å². The Morgan fingerprint density at radius 1 is 1.08 bits per heavy atom. The first kappa shape index (κ1) is 19.3. The molecule has 0 aromatic heterocycles. The first-order valence-corrected chi connectivity index (χ1v) is 9.51. The molecule has 1 amide bonds. The Morgan fingerprint density at radius 3 is 2.44 bits per heavy atom. The lowest BCUT2D eigenvalue weighted by molar-refractivity contribution is -0.121. The summed E-state index contributed by atoms with van der Waals surface area (Å²) in [7, 11) is 0. The maximum Gasteiger partial charge on any atom is 0.220 e. The molecule has 0 bridgehead atoms. The number of hydrogen-bond acceptors (Lipinski definition) is 2. The molecule has 1 aromatic carbocycles. The monoisotopic (exact) mass is 344 g/mol. The highest BCUT2D eigenvalue weighted by Crippen LogP contribution is 2.27. The topological polar surface area (TPSA) is 65.5 Å². The van der Waals surface area contributed by atoms with Crippen LogP contribution in [-0.4, -0.2) is 31.5 Å². The molecular weight excluding hydrogens is 312 g/mol. The van der Waals surface area contributed by atoms with Crippen molar-refractivity contribution in [1.29, 1.82) is 0 Å². The van der Waals surface area contributed by atoms with Gasteiger partial charge in [0.2, 0.25) is 5.91 Å². The summed E-state index contributed by atoms with van der Waals surface area (Å²) in [6, 6.07) is 8.41. The zero-order chi connectivity index (χ0) is 17.9. The molecule has 1 aromatic rings. The molecule has 1 aliphatic carbocycles. The van der Waals surface area contributed by atoms with Crippen LogP contribution in [0.5, 0.6) is 0 Å². The van der Waals surface area contributed by atoms with Gasteiger partial charge < -0.3 is 16.0 Å². The van der Waals surface area contributed by atoms with E-state index in [1.807, 2.05) is 6.92 Å². The van der Waals surface area contributed by atoms with E-state index in [2.05, 4.69) is 52.1 Å². The lowest BCUT2D eigenvalue weighted by atomic mass is 10.0. The normalized spacial score (nSPS) is 15.2. The van der Waals surface area contributed by atoms with Crippen molar-refractivity contribution < 1.29 is 4.79 Å². The van der Waals surface area contributed by atoms with Crippen LogP contribution in [0.1, 0.15) is 50.2 Å². The molecule has 0 radical (unpaired) electrons. The number of nitrogens with zero attached hydrogens (tertiary/aromatic N) is 1. The molecule has 0 saturated heterocycles. The highest BCUT2D eigenvalue weighted by Gasteiger charge is 2.17. The fourth-order valence-electron chi connectivity index (χ4n) is 3.14. The van der Waals surface area contributed by atoms with Crippen molar-refractivity contribution in [3.05, 3.63) is 35.4 Å². The molecule has 3 N–H and O–H groups in total. The van der Waals surface area contributed by atoms with Gasteiger partial charge in [0, 0.05) is 26.1 Å². The van der Waals surface area contributed by atoms with Gasteiger partial charge in [0.1, 0.15) is 0 Å². The third-order valence-corrected chi connectivity index (χ3v) is 4.57. The average Bonchev–Trinajstić information content (AvgIpc) is 3.10. The van der Waals surface area contributed by atoms with E-state index < -0.39 is 0 Å². The predicted octanol–water partition coefficient (Wildman–Crippen LogP) is 2.75. The summed E-state index contributed by atoms with van der Waals surface area (Å²) in [6.45, 7) is 6.89. The van der Waals surface area contributed by atoms with Crippen LogP contribution in [0.25, 0.3) is 0 Å². The first-order chi connectivity index (χ1) is 12.2. The summed E-state index contributed by atoms with van der Waals surface area (Å²) in [5, 5.41) is 9.52. The van der Waals surface area contributed by atoms with Crippen molar-refractivity contribution >= 4 is 11.9 Å². The Bertz CT molecular complexity index is 547. The summed E-state index contributed by atoms with van der Waals surface area (Å²) >= 11 is 0. The molecule has 0 atom stereocenters. The van der Waals surface area contributed by atoms with Gasteiger partial charge in [0.15, 0.2) is 5.96 Å². The van der Waals surface area contributed by atoms with E-state index in [1.165, 1.54) is 36.8 Å². The van der Waals surface area contributed by atoms with E-state index in [0.29, 0.717) is 32.0 Å². The van der Waals surface area contributed by atoms with Crippen LogP contribution < -0.4 is 16.0 Å². The van der Waals surface area contributed by atoms with Crippen molar-refractivity contribution in [3.8, 4) is 0 Å². The van der Waals surface area contributed by atoms with E-state index in [-0.39, 0.29) is 5.91 Å². The maximum absolute atomic E-state index is 11.9. The van der Waals surface area contributed by atoms with Crippen LogP contribution in [0.4, 0.5) is 0 Å². The molecular formula is C20H32N4O. The molecule has 1 saturated carbocycles. The standard InChI is InChI=1S/C20H32N4O/c1-3-21-20(24-15-18-10-8-16(2)9-11-18)23-13-12-22-19(25)14-17-6-4-5-7-17/h8-11,17H,3-7,12-15H2,1-2H3,(H,22,25)(H2,21,23,24). The van der Waals surface area contributed by atoms with Crippen molar-refractivity contribution in [1.82, 2.24) is 16.0 Å². The van der Waals surface area contributed by atoms with Crippen LogP contribution in [0, 0.1) is 12.8 Å². The van der Waals surface area contributed by atoms with Gasteiger partial charge in [-0.05, 0) is 38.2 Å². The smallest absolute Gasteiger partial charge is 0.220 e. The summed E-state index contributed by atoms with van der Waals surface area (Å²) in [6.07, 6.45) is 5.66. The van der Waals surface area contributed by atoms with Crippen LogP contribution in [0.15, 0.2) is 29.3 Å². The Kier molecular flexibility index (Phi) is 8.29. The fourth-order valence-corrected chi connectivity index (χ4v) is 3.14. The lowest BCUT2D eigenvalue weighted by Crippen LogP contribution is -2.41. The Balaban J connectivity index is 1.68. The summed E-state index contributed by atoms with van der Waals surface area (Å²) in [5.74, 6) is 1.56. The largest absolute Gasteiger partial charge is 0.357 e. The minimum Gasteiger partial charge on any atom is -0.357 e. The van der Waals surface area contributed by atoms with Crippen LogP contribution in [0.3, 0.4) is 0 Å². The number of rotatable bonds is 8. The van der Waals surface area contributed by atoms with Crippen molar-refractivity contribution in [2.45, 2.75) is 52.5 Å². The number of amides is 1. The molecule has 5 heteroatoms. The van der Waals surface area contributed by atoms with Gasteiger partial charge in [-0.15, -0.1) is 0 Å². The summed E-state index contributed by atoms with van der Waals surface area (Å²) in [4.78, 5) is 16.5. The van der Waals surface area contributed by atoms with Crippen LogP contribution >= 0.6 is 0 Å². The minimum atomic E-state index is 0.176. The third kappa shape index (κ3) is 7.59. The van der Waals surface area contributed by atoms with Gasteiger partial charge in [-0.1, -0.05) is 42.7 Å². The number of carbonyl (C=O) groups excluding carboxylic acids is 1. The highest BCUT2D eigenvalue weighted by atomic mass is 16.1. The van der Waals surface area contributed by atoms with Crippen molar-refractivity contribution in [3.63, 3.8) is 0 Å². The second-order valence-electron chi connectivity index (χ2n) is 6.81. The quantitative estimate of drug-likeness (QED) is 0.386. The molecule has 0 unspecified atom stereocenters.